The number of nitro benzene ring substituents is 1. The molecular weight excluding hydrogens is 234 g/mol. The minimum Gasteiger partial charge on any atom is -0.396 e. The number of nitriles is 1. The molecule has 0 atom stereocenters. The Kier molecular flexibility index (Phi) is 4.23. The molecule has 0 unspecified atom stereocenters. The van der Waals surface area contributed by atoms with E-state index in [0.29, 0.717) is 6.42 Å². The van der Waals surface area contributed by atoms with Crippen molar-refractivity contribution in [1.29, 1.82) is 5.26 Å². The summed E-state index contributed by atoms with van der Waals surface area (Å²) in [5.74, 6) is 0. The third-order valence-electron chi connectivity index (χ3n) is 2.55. The average molecular weight is 249 g/mol. The quantitative estimate of drug-likeness (QED) is 0.614. The van der Waals surface area contributed by atoms with Crippen LogP contribution < -0.4 is 5.32 Å². The van der Waals surface area contributed by atoms with E-state index in [1.54, 1.807) is 18.2 Å². The Morgan fingerprint density at radius 3 is 2.72 bits per heavy atom. The molecule has 1 aromatic carbocycles. The Morgan fingerprint density at radius 2 is 2.22 bits per heavy atom. The van der Waals surface area contributed by atoms with E-state index < -0.39 is 10.5 Å². The van der Waals surface area contributed by atoms with Gasteiger partial charge in [0, 0.05) is 12.1 Å². The molecule has 0 aliphatic heterocycles. The molecule has 2 N–H and O–H groups in total. The van der Waals surface area contributed by atoms with Crippen LogP contribution in [-0.4, -0.2) is 22.2 Å². The molecule has 0 aliphatic rings. The predicted molar refractivity (Wildman–Crippen MR) is 67.2 cm³/mol. The third kappa shape index (κ3) is 3.18. The lowest BCUT2D eigenvalue weighted by Gasteiger charge is -2.26. The lowest BCUT2D eigenvalue weighted by Crippen LogP contribution is -2.32. The van der Waals surface area contributed by atoms with Crippen molar-refractivity contribution in [3.05, 3.63) is 33.9 Å². The van der Waals surface area contributed by atoms with E-state index >= 15 is 0 Å². The van der Waals surface area contributed by atoms with Crippen molar-refractivity contribution in [2.45, 2.75) is 25.8 Å². The molecule has 0 heterocycles. The van der Waals surface area contributed by atoms with Crippen LogP contribution in [-0.2, 0) is 0 Å². The van der Waals surface area contributed by atoms with E-state index in [0.717, 1.165) is 0 Å². The number of nitrogens with zero attached hydrogens (tertiary/aromatic N) is 2. The fourth-order valence-electron chi connectivity index (χ4n) is 1.64. The number of para-hydroxylation sites is 1. The largest absolute Gasteiger partial charge is 0.396 e. The number of anilines is 1. The number of aliphatic hydroxyl groups excluding tert-OH is 1. The van der Waals surface area contributed by atoms with E-state index in [9.17, 15) is 10.1 Å². The van der Waals surface area contributed by atoms with Gasteiger partial charge in [0.15, 0.2) is 0 Å². The van der Waals surface area contributed by atoms with Crippen LogP contribution in [0.5, 0.6) is 0 Å². The molecule has 0 radical (unpaired) electrons. The first kappa shape index (κ1) is 13.9. The lowest BCUT2D eigenvalue weighted by atomic mass is 10.00. The fourth-order valence-corrected chi connectivity index (χ4v) is 1.64. The van der Waals surface area contributed by atoms with Crippen molar-refractivity contribution in [3.8, 4) is 6.07 Å². The summed E-state index contributed by atoms with van der Waals surface area (Å²) in [6.07, 6.45) is 0.445. The number of aliphatic hydroxyl groups is 1. The maximum atomic E-state index is 11.0. The van der Waals surface area contributed by atoms with Gasteiger partial charge in [-0.2, -0.15) is 5.26 Å². The van der Waals surface area contributed by atoms with Crippen LogP contribution >= 0.6 is 0 Å². The second-order valence-electron chi connectivity index (χ2n) is 4.55. The zero-order valence-electron chi connectivity index (χ0n) is 10.3. The highest BCUT2D eigenvalue weighted by Gasteiger charge is 2.24. The first-order valence-electron chi connectivity index (χ1n) is 5.48. The van der Waals surface area contributed by atoms with Gasteiger partial charge in [0.2, 0.25) is 0 Å². The number of nitrogens with one attached hydrogen (secondary N) is 1. The maximum absolute atomic E-state index is 11.0. The number of nitro groups is 1. The summed E-state index contributed by atoms with van der Waals surface area (Å²) in [7, 11) is 0. The van der Waals surface area contributed by atoms with Crippen molar-refractivity contribution in [3.63, 3.8) is 0 Å². The van der Waals surface area contributed by atoms with Crippen molar-refractivity contribution in [1.82, 2.24) is 0 Å². The van der Waals surface area contributed by atoms with Crippen molar-refractivity contribution < 1.29 is 10.0 Å². The van der Waals surface area contributed by atoms with Crippen molar-refractivity contribution in [2.24, 2.45) is 0 Å². The number of rotatable bonds is 5. The SMILES string of the molecule is CC(C)(CCO)Nc1cccc(C#N)c1[N+](=O)[O-]. The zero-order valence-corrected chi connectivity index (χ0v) is 10.3. The molecule has 18 heavy (non-hydrogen) atoms. The van der Waals surface area contributed by atoms with Gasteiger partial charge >= 0.3 is 5.69 Å². The molecule has 0 fully saturated rings. The van der Waals surface area contributed by atoms with E-state index in [4.69, 9.17) is 10.4 Å². The number of hydrogen-bond acceptors (Lipinski definition) is 5. The number of benzene rings is 1. The van der Waals surface area contributed by atoms with Gasteiger partial charge in [-0.25, -0.2) is 0 Å². The first-order chi connectivity index (χ1) is 8.41. The van der Waals surface area contributed by atoms with Crippen LogP contribution in [0.15, 0.2) is 18.2 Å². The molecule has 6 heteroatoms. The van der Waals surface area contributed by atoms with Gasteiger partial charge in [-0.15, -0.1) is 0 Å². The highest BCUT2D eigenvalue weighted by atomic mass is 16.6. The second kappa shape index (κ2) is 5.47. The van der Waals surface area contributed by atoms with Gasteiger partial charge in [0.25, 0.3) is 0 Å². The van der Waals surface area contributed by atoms with Crippen LogP contribution in [0, 0.1) is 21.4 Å². The molecule has 0 amide bonds. The van der Waals surface area contributed by atoms with Crippen LogP contribution in [0.2, 0.25) is 0 Å². The van der Waals surface area contributed by atoms with Crippen molar-refractivity contribution >= 4 is 11.4 Å². The molecule has 0 bridgehead atoms. The molecule has 0 aromatic heterocycles. The Balaban J connectivity index is 3.18. The Hall–Kier alpha value is -2.13. The van der Waals surface area contributed by atoms with Gasteiger partial charge in [0.1, 0.15) is 17.3 Å². The molecule has 0 spiro atoms. The standard InChI is InChI=1S/C12H15N3O3/c1-12(2,6-7-16)14-10-5-3-4-9(8-13)11(10)15(17)18/h3-5,14,16H,6-7H2,1-2H3. The predicted octanol–water partition coefficient (Wildman–Crippen LogP) is 2.04. The molecule has 1 aromatic rings. The topological polar surface area (TPSA) is 99.2 Å². The van der Waals surface area contributed by atoms with Gasteiger partial charge < -0.3 is 10.4 Å². The molecule has 0 aliphatic carbocycles. The Labute approximate surface area is 105 Å². The van der Waals surface area contributed by atoms with E-state index in [1.807, 2.05) is 13.8 Å². The number of hydrogen-bond donors (Lipinski definition) is 2. The van der Waals surface area contributed by atoms with Crippen LogP contribution in [0.1, 0.15) is 25.8 Å². The van der Waals surface area contributed by atoms with Crippen molar-refractivity contribution in [2.75, 3.05) is 11.9 Å². The molecule has 6 nitrogen and oxygen atoms in total. The first-order valence-corrected chi connectivity index (χ1v) is 5.48. The van der Waals surface area contributed by atoms with Gasteiger partial charge in [-0.3, -0.25) is 10.1 Å². The average Bonchev–Trinajstić information content (AvgIpc) is 2.27. The molecular formula is C12H15N3O3. The summed E-state index contributed by atoms with van der Waals surface area (Å²) in [5.41, 5.74) is -0.415. The maximum Gasteiger partial charge on any atom is 0.309 e. The van der Waals surface area contributed by atoms with Crippen LogP contribution in [0.3, 0.4) is 0 Å². The van der Waals surface area contributed by atoms with E-state index in [1.165, 1.54) is 6.07 Å². The van der Waals surface area contributed by atoms with Crippen LogP contribution in [0.4, 0.5) is 11.4 Å². The van der Waals surface area contributed by atoms with Gasteiger partial charge in [-0.05, 0) is 32.4 Å². The Bertz CT molecular complexity index is 492. The molecule has 96 valence electrons. The zero-order chi connectivity index (χ0) is 13.8. The lowest BCUT2D eigenvalue weighted by molar-refractivity contribution is -0.384. The minimum absolute atomic E-state index is 0.0183. The monoisotopic (exact) mass is 249 g/mol. The summed E-state index contributed by atoms with van der Waals surface area (Å²) in [6, 6.07) is 6.35. The van der Waals surface area contributed by atoms with E-state index in [-0.39, 0.29) is 23.5 Å². The fraction of sp³-hybridized carbons (Fsp3) is 0.417. The third-order valence-corrected chi connectivity index (χ3v) is 2.55. The van der Waals surface area contributed by atoms with Crippen LogP contribution in [0.25, 0.3) is 0 Å². The summed E-state index contributed by atoms with van der Waals surface area (Å²) in [4.78, 5) is 10.4. The van der Waals surface area contributed by atoms with Gasteiger partial charge in [0.05, 0.1) is 4.92 Å². The highest BCUT2D eigenvalue weighted by Crippen LogP contribution is 2.30. The second-order valence-corrected chi connectivity index (χ2v) is 4.55. The summed E-state index contributed by atoms with van der Waals surface area (Å²) < 4.78 is 0. The minimum atomic E-state index is -0.573. The summed E-state index contributed by atoms with van der Waals surface area (Å²) in [6.45, 7) is 3.63. The molecule has 0 saturated heterocycles. The molecule has 0 saturated carbocycles. The van der Waals surface area contributed by atoms with E-state index in [2.05, 4.69) is 5.32 Å². The normalized spacial score (nSPS) is 10.8. The smallest absolute Gasteiger partial charge is 0.309 e. The highest BCUT2D eigenvalue weighted by molar-refractivity contribution is 5.69. The summed E-state index contributed by atoms with van der Waals surface area (Å²) >= 11 is 0. The summed E-state index contributed by atoms with van der Waals surface area (Å²) in [5, 5.41) is 31.8. The molecule has 1 rings (SSSR count). The Morgan fingerprint density at radius 1 is 1.56 bits per heavy atom. The van der Waals surface area contributed by atoms with Gasteiger partial charge in [-0.1, -0.05) is 6.07 Å².